The van der Waals surface area contributed by atoms with E-state index in [1.165, 1.54) is 0 Å². The molecular weight excluding hydrogens is 276 g/mol. The molecule has 1 aromatic rings. The molecule has 1 unspecified atom stereocenters. The van der Waals surface area contributed by atoms with E-state index in [0.29, 0.717) is 25.1 Å². The molecule has 0 amide bonds. The fourth-order valence-electron chi connectivity index (χ4n) is 3.29. The number of ether oxygens (including phenoxy) is 1. The van der Waals surface area contributed by atoms with Crippen LogP contribution in [0, 0.1) is 6.92 Å². The Morgan fingerprint density at radius 2 is 1.95 bits per heavy atom. The third-order valence-corrected chi connectivity index (χ3v) is 4.62. The zero-order valence-electron chi connectivity index (χ0n) is 14.4. The van der Waals surface area contributed by atoms with Crippen LogP contribution in [0.3, 0.4) is 0 Å². The van der Waals surface area contributed by atoms with Gasteiger partial charge >= 0.3 is 5.97 Å². The Labute approximate surface area is 133 Å². The number of esters is 1. The Bertz CT molecular complexity index is 502. The molecule has 1 aromatic heterocycles. The molecular formula is C18H28N2O2. The van der Waals surface area contributed by atoms with Gasteiger partial charge in [0, 0.05) is 18.3 Å². The van der Waals surface area contributed by atoms with Crippen molar-refractivity contribution in [3.05, 3.63) is 29.6 Å². The topological polar surface area (TPSA) is 42.4 Å². The van der Waals surface area contributed by atoms with Crippen molar-refractivity contribution in [2.24, 2.45) is 0 Å². The molecule has 0 spiro atoms. The number of pyridine rings is 1. The van der Waals surface area contributed by atoms with Gasteiger partial charge in [-0.05, 0) is 59.2 Å². The monoisotopic (exact) mass is 304 g/mol. The molecule has 0 N–H and O–H groups in total. The van der Waals surface area contributed by atoms with Crippen LogP contribution in [-0.2, 0) is 14.9 Å². The molecule has 0 aliphatic carbocycles. The molecule has 1 atom stereocenters. The number of aryl methyl sites for hydroxylation is 1. The predicted octanol–water partition coefficient (Wildman–Crippen LogP) is 3.08. The van der Waals surface area contributed by atoms with E-state index in [0.717, 1.165) is 24.2 Å². The Hall–Kier alpha value is -1.42. The average molecular weight is 304 g/mol. The molecule has 1 saturated heterocycles. The molecule has 1 aliphatic rings. The lowest BCUT2D eigenvalue weighted by Crippen LogP contribution is -2.41. The lowest BCUT2D eigenvalue weighted by atomic mass is 9.79. The second-order valence-corrected chi connectivity index (χ2v) is 7.01. The smallest absolute Gasteiger partial charge is 0.306 e. The van der Waals surface area contributed by atoms with Crippen molar-refractivity contribution in [1.29, 1.82) is 0 Å². The zero-order chi connectivity index (χ0) is 16.3. The summed E-state index contributed by atoms with van der Waals surface area (Å²) >= 11 is 0. The van der Waals surface area contributed by atoms with Crippen LogP contribution in [-0.4, -0.2) is 41.1 Å². The van der Waals surface area contributed by atoms with E-state index >= 15 is 0 Å². The quantitative estimate of drug-likeness (QED) is 0.758. The first kappa shape index (κ1) is 16.9. The molecule has 0 aromatic carbocycles. The number of nitrogens with zero attached hydrogens (tertiary/aromatic N) is 2. The van der Waals surface area contributed by atoms with Crippen LogP contribution < -0.4 is 0 Å². The maximum absolute atomic E-state index is 11.7. The highest BCUT2D eigenvalue weighted by Crippen LogP contribution is 2.36. The highest BCUT2D eigenvalue weighted by molar-refractivity contribution is 5.74. The van der Waals surface area contributed by atoms with Crippen LogP contribution in [0.4, 0.5) is 0 Å². The molecule has 4 nitrogen and oxygen atoms in total. The van der Waals surface area contributed by atoms with E-state index in [1.54, 1.807) is 0 Å². The fourth-order valence-corrected chi connectivity index (χ4v) is 3.29. The van der Waals surface area contributed by atoms with Crippen LogP contribution in [0.1, 0.15) is 51.8 Å². The van der Waals surface area contributed by atoms with Crippen molar-refractivity contribution < 1.29 is 9.53 Å². The van der Waals surface area contributed by atoms with Crippen molar-refractivity contribution >= 4 is 5.97 Å². The second kappa shape index (κ2) is 6.78. The van der Waals surface area contributed by atoms with Crippen molar-refractivity contribution in [3.63, 3.8) is 0 Å². The van der Waals surface area contributed by atoms with Gasteiger partial charge in [0.05, 0.1) is 17.5 Å². The van der Waals surface area contributed by atoms with Crippen LogP contribution in [0.25, 0.3) is 0 Å². The zero-order valence-corrected chi connectivity index (χ0v) is 14.4. The lowest BCUT2D eigenvalue weighted by molar-refractivity contribution is -0.137. The van der Waals surface area contributed by atoms with Crippen LogP contribution in [0.5, 0.6) is 0 Å². The summed E-state index contributed by atoms with van der Waals surface area (Å²) in [5.74, 6) is -0.108. The van der Waals surface area contributed by atoms with E-state index in [-0.39, 0.29) is 11.4 Å². The molecule has 0 saturated carbocycles. The maximum Gasteiger partial charge on any atom is 0.306 e. The molecule has 1 aliphatic heterocycles. The molecule has 0 bridgehead atoms. The summed E-state index contributed by atoms with van der Waals surface area (Å²) in [4.78, 5) is 18.8. The first-order valence-electron chi connectivity index (χ1n) is 8.18. The largest absolute Gasteiger partial charge is 0.465 e. The summed E-state index contributed by atoms with van der Waals surface area (Å²) in [6.45, 7) is 12.3. The number of aromatic nitrogens is 1. The summed E-state index contributed by atoms with van der Waals surface area (Å²) < 4.78 is 5.31. The SMILES string of the molecule is Cc1ccc(C2(CCN(C(C)C)C(C)C)COC(=O)C2)nc1. The summed E-state index contributed by atoms with van der Waals surface area (Å²) in [6, 6.07) is 5.09. The highest BCUT2D eigenvalue weighted by Gasteiger charge is 2.43. The number of carbonyl (C=O) groups excluding carboxylic acids is 1. The lowest BCUT2D eigenvalue weighted by Gasteiger charge is -2.34. The summed E-state index contributed by atoms with van der Waals surface area (Å²) in [6.07, 6.45) is 3.21. The first-order valence-corrected chi connectivity index (χ1v) is 8.18. The van der Waals surface area contributed by atoms with Crippen molar-refractivity contribution in [1.82, 2.24) is 9.88 Å². The standard InChI is InChI=1S/C18H28N2O2/c1-13(2)20(14(3)4)9-8-18(10-17(21)22-12-18)16-7-6-15(5)11-19-16/h6-7,11,13-14H,8-10,12H2,1-5H3. The van der Waals surface area contributed by atoms with Gasteiger partial charge in [-0.2, -0.15) is 0 Å². The van der Waals surface area contributed by atoms with E-state index < -0.39 is 0 Å². The Morgan fingerprint density at radius 1 is 1.27 bits per heavy atom. The predicted molar refractivity (Wildman–Crippen MR) is 87.8 cm³/mol. The Balaban J connectivity index is 2.20. The van der Waals surface area contributed by atoms with Crippen molar-refractivity contribution in [3.8, 4) is 0 Å². The molecule has 1 fully saturated rings. The Kier molecular flexibility index (Phi) is 5.22. The number of cyclic esters (lactones) is 1. The fraction of sp³-hybridized carbons (Fsp3) is 0.667. The van der Waals surface area contributed by atoms with Gasteiger partial charge in [-0.15, -0.1) is 0 Å². The molecule has 4 heteroatoms. The van der Waals surface area contributed by atoms with Crippen molar-refractivity contribution in [2.45, 2.75) is 65.0 Å². The summed E-state index contributed by atoms with van der Waals surface area (Å²) in [7, 11) is 0. The normalized spacial score (nSPS) is 21.9. The number of carbonyl (C=O) groups is 1. The second-order valence-electron chi connectivity index (χ2n) is 7.01. The van der Waals surface area contributed by atoms with Gasteiger partial charge in [-0.1, -0.05) is 6.07 Å². The van der Waals surface area contributed by atoms with Crippen LogP contribution in [0.2, 0.25) is 0 Å². The highest BCUT2D eigenvalue weighted by atomic mass is 16.5. The van der Waals surface area contributed by atoms with Gasteiger partial charge in [0.15, 0.2) is 0 Å². The third kappa shape index (κ3) is 3.67. The molecule has 122 valence electrons. The maximum atomic E-state index is 11.7. The minimum atomic E-state index is -0.271. The van der Waals surface area contributed by atoms with E-state index in [2.05, 4.69) is 43.6 Å². The number of rotatable bonds is 6. The minimum Gasteiger partial charge on any atom is -0.465 e. The van der Waals surface area contributed by atoms with Crippen LogP contribution in [0.15, 0.2) is 18.3 Å². The Morgan fingerprint density at radius 3 is 2.41 bits per heavy atom. The summed E-state index contributed by atoms with van der Waals surface area (Å²) in [5, 5.41) is 0. The van der Waals surface area contributed by atoms with Gasteiger partial charge in [-0.3, -0.25) is 14.7 Å². The van der Waals surface area contributed by atoms with Gasteiger partial charge in [-0.25, -0.2) is 0 Å². The molecule has 22 heavy (non-hydrogen) atoms. The number of hydrogen-bond acceptors (Lipinski definition) is 4. The van der Waals surface area contributed by atoms with Crippen molar-refractivity contribution in [2.75, 3.05) is 13.2 Å². The molecule has 0 radical (unpaired) electrons. The number of hydrogen-bond donors (Lipinski definition) is 0. The van der Waals surface area contributed by atoms with Gasteiger partial charge in [0.25, 0.3) is 0 Å². The molecule has 2 heterocycles. The average Bonchev–Trinajstić information content (AvgIpc) is 2.81. The third-order valence-electron chi connectivity index (χ3n) is 4.62. The van der Waals surface area contributed by atoms with Gasteiger partial charge in [0.1, 0.15) is 6.61 Å². The van der Waals surface area contributed by atoms with E-state index in [4.69, 9.17) is 4.74 Å². The minimum absolute atomic E-state index is 0.108. The summed E-state index contributed by atoms with van der Waals surface area (Å²) in [5.41, 5.74) is 1.85. The molecule has 2 rings (SSSR count). The first-order chi connectivity index (χ1) is 10.3. The van der Waals surface area contributed by atoms with Gasteiger partial charge in [0.2, 0.25) is 0 Å². The van der Waals surface area contributed by atoms with Crippen LogP contribution >= 0.6 is 0 Å². The van der Waals surface area contributed by atoms with E-state index in [1.807, 2.05) is 19.2 Å². The van der Waals surface area contributed by atoms with Gasteiger partial charge < -0.3 is 4.74 Å². The van der Waals surface area contributed by atoms with E-state index in [9.17, 15) is 4.79 Å².